The first kappa shape index (κ1) is 18.2. The van der Waals surface area contributed by atoms with Crippen LogP contribution in [0.15, 0.2) is 46.5 Å². The molecule has 0 saturated carbocycles. The lowest BCUT2D eigenvalue weighted by Gasteiger charge is -2.07. The topological polar surface area (TPSA) is 99.8 Å². The molecular formula is C17H11F3N2O5. The van der Waals surface area contributed by atoms with Crippen LogP contribution in [0.2, 0.25) is 0 Å². The molecule has 140 valence electrons. The van der Waals surface area contributed by atoms with Crippen molar-refractivity contribution >= 4 is 24.0 Å². The molecule has 1 aromatic heterocycles. The number of nitrogens with zero attached hydrogens (tertiary/aromatic N) is 1. The van der Waals surface area contributed by atoms with E-state index in [1.807, 2.05) is 0 Å². The molecule has 1 saturated heterocycles. The number of halogens is 3. The first-order valence-corrected chi connectivity index (χ1v) is 7.49. The fourth-order valence-corrected chi connectivity index (χ4v) is 2.43. The number of hydrogen-bond donors (Lipinski definition) is 2. The van der Waals surface area contributed by atoms with Crippen LogP contribution >= 0.6 is 0 Å². The predicted molar refractivity (Wildman–Crippen MR) is 85.0 cm³/mol. The zero-order valence-corrected chi connectivity index (χ0v) is 13.4. The van der Waals surface area contributed by atoms with Crippen LogP contribution in [0.1, 0.15) is 11.3 Å². The maximum atomic E-state index is 12.8. The molecule has 10 heteroatoms. The van der Waals surface area contributed by atoms with Crippen molar-refractivity contribution in [2.24, 2.45) is 0 Å². The Bertz CT molecular complexity index is 961. The second kappa shape index (κ2) is 6.63. The number of imide groups is 1. The van der Waals surface area contributed by atoms with Gasteiger partial charge in [-0.3, -0.25) is 9.59 Å². The van der Waals surface area contributed by atoms with Gasteiger partial charge in [0, 0.05) is 11.6 Å². The molecule has 0 bridgehead atoms. The largest absolute Gasteiger partial charge is 0.480 e. The van der Waals surface area contributed by atoms with Gasteiger partial charge in [0.1, 0.15) is 23.8 Å². The lowest BCUT2D eigenvalue weighted by molar-refractivity contribution is -0.140. The van der Waals surface area contributed by atoms with Crippen LogP contribution in [0.3, 0.4) is 0 Å². The van der Waals surface area contributed by atoms with Crippen molar-refractivity contribution in [3.05, 3.63) is 53.4 Å². The van der Waals surface area contributed by atoms with Crippen LogP contribution in [-0.2, 0) is 15.8 Å². The molecule has 0 spiro atoms. The molecule has 1 aliphatic rings. The molecule has 0 radical (unpaired) electrons. The second-order valence-corrected chi connectivity index (χ2v) is 5.55. The summed E-state index contributed by atoms with van der Waals surface area (Å²) in [6.07, 6.45) is -3.33. The average Bonchev–Trinajstić information content (AvgIpc) is 3.15. The number of carboxylic acid groups (broad SMARTS) is 1. The van der Waals surface area contributed by atoms with Gasteiger partial charge < -0.3 is 14.8 Å². The van der Waals surface area contributed by atoms with Crippen LogP contribution in [0.25, 0.3) is 17.4 Å². The van der Waals surface area contributed by atoms with Gasteiger partial charge in [-0.05, 0) is 24.3 Å². The van der Waals surface area contributed by atoms with Crippen molar-refractivity contribution in [1.82, 2.24) is 10.2 Å². The van der Waals surface area contributed by atoms with Gasteiger partial charge in [-0.15, -0.1) is 0 Å². The fraction of sp³-hybridized carbons (Fsp3) is 0.118. The lowest BCUT2D eigenvalue weighted by atomic mass is 10.1. The maximum absolute atomic E-state index is 12.8. The summed E-state index contributed by atoms with van der Waals surface area (Å²) in [5, 5.41) is 10.9. The summed E-state index contributed by atoms with van der Waals surface area (Å²) in [5.74, 6) is -1.97. The number of benzene rings is 1. The SMILES string of the molecule is O=C(O)CN1C(=O)N/C(=C/c2ccc(-c3cccc(C(F)(F)F)c3)o2)C1=O. The number of alkyl halides is 3. The summed E-state index contributed by atoms with van der Waals surface area (Å²) < 4.78 is 43.8. The predicted octanol–water partition coefficient (Wildman–Crippen LogP) is 2.94. The zero-order chi connectivity index (χ0) is 19.8. The molecule has 0 atom stereocenters. The fourth-order valence-electron chi connectivity index (χ4n) is 2.43. The molecule has 0 unspecified atom stereocenters. The highest BCUT2D eigenvalue weighted by Gasteiger charge is 2.35. The normalized spacial score (nSPS) is 16.1. The van der Waals surface area contributed by atoms with Crippen molar-refractivity contribution in [2.75, 3.05) is 6.54 Å². The monoisotopic (exact) mass is 380 g/mol. The van der Waals surface area contributed by atoms with Gasteiger partial charge >= 0.3 is 18.2 Å². The molecule has 2 aromatic rings. The van der Waals surface area contributed by atoms with Crippen molar-refractivity contribution < 1.29 is 37.1 Å². The third-order valence-electron chi connectivity index (χ3n) is 3.64. The van der Waals surface area contributed by atoms with Crippen molar-refractivity contribution in [2.45, 2.75) is 6.18 Å². The van der Waals surface area contributed by atoms with E-state index < -0.39 is 36.2 Å². The molecule has 1 aliphatic heterocycles. The number of amides is 3. The summed E-state index contributed by atoms with van der Waals surface area (Å²) >= 11 is 0. The highest BCUT2D eigenvalue weighted by Crippen LogP contribution is 2.33. The second-order valence-electron chi connectivity index (χ2n) is 5.55. The van der Waals surface area contributed by atoms with Gasteiger partial charge in [0.25, 0.3) is 5.91 Å². The molecule has 3 rings (SSSR count). The molecule has 2 N–H and O–H groups in total. The van der Waals surface area contributed by atoms with Gasteiger partial charge in [0.2, 0.25) is 0 Å². The minimum absolute atomic E-state index is 0.100. The van der Waals surface area contributed by atoms with Gasteiger partial charge in [0.05, 0.1) is 5.56 Å². The van der Waals surface area contributed by atoms with Crippen molar-refractivity contribution in [1.29, 1.82) is 0 Å². The summed E-state index contributed by atoms with van der Waals surface area (Å²) in [4.78, 5) is 34.8. The number of carbonyl (C=O) groups excluding carboxylic acids is 2. The number of furan rings is 1. The van der Waals surface area contributed by atoms with E-state index >= 15 is 0 Å². The first-order chi connectivity index (χ1) is 12.6. The highest BCUT2D eigenvalue weighted by atomic mass is 19.4. The Morgan fingerprint density at radius 2 is 1.96 bits per heavy atom. The van der Waals surface area contributed by atoms with E-state index in [2.05, 4.69) is 5.32 Å². The first-order valence-electron chi connectivity index (χ1n) is 7.49. The number of nitrogens with one attached hydrogen (secondary N) is 1. The van der Waals surface area contributed by atoms with E-state index in [4.69, 9.17) is 9.52 Å². The zero-order valence-electron chi connectivity index (χ0n) is 13.4. The molecule has 1 fully saturated rings. The minimum Gasteiger partial charge on any atom is -0.480 e. The van der Waals surface area contributed by atoms with E-state index in [9.17, 15) is 27.6 Å². The maximum Gasteiger partial charge on any atom is 0.416 e. The number of aliphatic carboxylic acids is 1. The average molecular weight is 380 g/mol. The Morgan fingerprint density at radius 3 is 2.63 bits per heavy atom. The standard InChI is InChI=1S/C17H11F3N2O5/c18-17(19,20)10-3-1-2-9(6-10)13-5-4-11(27-13)7-12-15(25)22(8-14(23)24)16(26)21-12/h1-7H,8H2,(H,21,26)(H,23,24)/b12-7+. The van der Waals surface area contributed by atoms with Crippen LogP contribution in [0.4, 0.5) is 18.0 Å². The Kier molecular flexibility index (Phi) is 4.48. The van der Waals surface area contributed by atoms with Crippen LogP contribution < -0.4 is 5.32 Å². The smallest absolute Gasteiger partial charge is 0.416 e. The molecule has 27 heavy (non-hydrogen) atoms. The number of hydrogen-bond acceptors (Lipinski definition) is 4. The molecule has 7 nitrogen and oxygen atoms in total. The molecular weight excluding hydrogens is 369 g/mol. The van der Waals surface area contributed by atoms with Crippen LogP contribution in [-0.4, -0.2) is 34.5 Å². The molecule has 2 heterocycles. The van der Waals surface area contributed by atoms with Crippen LogP contribution in [0.5, 0.6) is 0 Å². The summed E-state index contributed by atoms with van der Waals surface area (Å²) in [6.45, 7) is -0.796. The van der Waals surface area contributed by atoms with E-state index in [0.717, 1.165) is 12.1 Å². The molecule has 3 amide bonds. The van der Waals surface area contributed by atoms with E-state index in [1.54, 1.807) is 0 Å². The van der Waals surface area contributed by atoms with Gasteiger partial charge in [0.15, 0.2) is 0 Å². The molecule has 0 aliphatic carbocycles. The van der Waals surface area contributed by atoms with Crippen molar-refractivity contribution in [3.8, 4) is 11.3 Å². The number of urea groups is 1. The van der Waals surface area contributed by atoms with E-state index in [1.165, 1.54) is 30.3 Å². The highest BCUT2D eigenvalue weighted by molar-refractivity contribution is 6.14. The summed E-state index contributed by atoms with van der Waals surface area (Å²) in [5.41, 5.74) is -0.853. The van der Waals surface area contributed by atoms with E-state index in [-0.39, 0.29) is 22.8 Å². The molecule has 1 aromatic carbocycles. The van der Waals surface area contributed by atoms with Crippen LogP contribution in [0, 0.1) is 0 Å². The van der Waals surface area contributed by atoms with Gasteiger partial charge in [-0.1, -0.05) is 12.1 Å². The Balaban J connectivity index is 1.85. The lowest BCUT2D eigenvalue weighted by Crippen LogP contribution is -2.35. The van der Waals surface area contributed by atoms with Gasteiger partial charge in [-0.25, -0.2) is 9.69 Å². The Labute approximate surface area is 149 Å². The Morgan fingerprint density at radius 1 is 1.22 bits per heavy atom. The number of carbonyl (C=O) groups is 3. The van der Waals surface area contributed by atoms with Crippen molar-refractivity contribution in [3.63, 3.8) is 0 Å². The summed E-state index contributed by atoms with van der Waals surface area (Å²) in [7, 11) is 0. The quantitative estimate of drug-likeness (QED) is 0.628. The third kappa shape index (κ3) is 3.84. The third-order valence-corrected chi connectivity index (χ3v) is 3.64. The number of rotatable bonds is 4. The van der Waals surface area contributed by atoms with E-state index in [0.29, 0.717) is 4.90 Å². The minimum atomic E-state index is -4.50. The summed E-state index contributed by atoms with van der Waals surface area (Å²) in [6, 6.07) is 6.45. The number of carboxylic acids is 1. The Hall–Kier alpha value is -3.56. The van der Waals surface area contributed by atoms with Gasteiger partial charge in [-0.2, -0.15) is 13.2 Å².